The third-order valence-electron chi connectivity index (χ3n) is 11.3. The SMILES string of the molecule is CN1C(=O)C(F)=C[C@@]2(C)C1CC[C@@H]1[C@H]2CC[C@]2(C)C(C(=O)NC3(c4nc5ncccc5[nH]4)CC3)CC[C@@H]12. The van der Waals surface area contributed by atoms with Crippen molar-refractivity contribution in [3.05, 3.63) is 36.1 Å². The van der Waals surface area contributed by atoms with E-state index >= 15 is 0 Å². The van der Waals surface area contributed by atoms with Crippen molar-refractivity contribution in [1.82, 2.24) is 25.2 Å². The molecule has 8 heteroatoms. The van der Waals surface area contributed by atoms with Crippen LogP contribution in [0, 0.1) is 34.5 Å². The van der Waals surface area contributed by atoms with Gasteiger partial charge in [-0.2, -0.15) is 0 Å². The number of aromatic nitrogens is 3. The summed E-state index contributed by atoms with van der Waals surface area (Å²) in [6.45, 7) is 4.50. The maximum absolute atomic E-state index is 14.7. The highest BCUT2D eigenvalue weighted by molar-refractivity contribution is 5.92. The molecule has 4 saturated carbocycles. The summed E-state index contributed by atoms with van der Waals surface area (Å²) in [5.74, 6) is 1.11. The molecule has 5 aliphatic rings. The third-order valence-corrected chi connectivity index (χ3v) is 11.3. The highest BCUT2D eigenvalue weighted by Gasteiger charge is 2.63. The molecule has 0 saturated heterocycles. The van der Waals surface area contributed by atoms with Gasteiger partial charge in [-0.25, -0.2) is 14.4 Å². The van der Waals surface area contributed by atoms with Crippen LogP contribution >= 0.6 is 0 Å². The average Bonchev–Trinajstić information content (AvgIpc) is 3.35. The number of H-pyrrole nitrogens is 1. The van der Waals surface area contributed by atoms with Crippen LogP contribution in [0.15, 0.2) is 30.2 Å². The van der Waals surface area contributed by atoms with Gasteiger partial charge in [0.05, 0.1) is 11.1 Å². The number of halogens is 1. The fourth-order valence-electron chi connectivity index (χ4n) is 9.20. The van der Waals surface area contributed by atoms with E-state index in [9.17, 15) is 14.0 Å². The Bertz CT molecular complexity index is 1300. The molecule has 2 unspecified atom stereocenters. The number of hydrogen-bond donors (Lipinski definition) is 2. The first kappa shape index (κ1) is 23.4. The quantitative estimate of drug-likeness (QED) is 0.637. The molecule has 2 aromatic heterocycles. The van der Waals surface area contributed by atoms with Gasteiger partial charge < -0.3 is 15.2 Å². The Balaban J connectivity index is 1.13. The summed E-state index contributed by atoms with van der Waals surface area (Å²) in [4.78, 5) is 40.3. The molecule has 2 amide bonds. The number of carbonyl (C=O) groups is 2. The van der Waals surface area contributed by atoms with E-state index in [0.717, 1.165) is 62.7 Å². The van der Waals surface area contributed by atoms with E-state index in [0.29, 0.717) is 23.4 Å². The summed E-state index contributed by atoms with van der Waals surface area (Å²) in [7, 11) is 1.76. The Morgan fingerprint density at radius 3 is 2.70 bits per heavy atom. The van der Waals surface area contributed by atoms with Crippen molar-refractivity contribution in [2.45, 2.75) is 76.8 Å². The van der Waals surface area contributed by atoms with Crippen LogP contribution in [0.3, 0.4) is 0 Å². The predicted octanol–water partition coefficient (Wildman–Crippen LogP) is 4.62. The number of nitrogens with one attached hydrogen (secondary N) is 2. The van der Waals surface area contributed by atoms with E-state index < -0.39 is 17.3 Å². The number of amides is 2. The molecule has 37 heavy (non-hydrogen) atoms. The monoisotopic (exact) mass is 505 g/mol. The van der Waals surface area contributed by atoms with Crippen LogP contribution < -0.4 is 5.32 Å². The molecule has 0 aromatic carbocycles. The van der Waals surface area contributed by atoms with Crippen LogP contribution in [-0.4, -0.2) is 44.8 Å². The zero-order valence-electron chi connectivity index (χ0n) is 21.9. The summed E-state index contributed by atoms with van der Waals surface area (Å²) in [6, 6.07) is 3.91. The van der Waals surface area contributed by atoms with Gasteiger partial charge in [0.15, 0.2) is 11.5 Å². The fourth-order valence-corrected chi connectivity index (χ4v) is 9.20. The number of nitrogens with zero attached hydrogens (tertiary/aromatic N) is 3. The predicted molar refractivity (Wildman–Crippen MR) is 137 cm³/mol. The van der Waals surface area contributed by atoms with E-state index in [1.54, 1.807) is 24.2 Å². The zero-order valence-corrected chi connectivity index (χ0v) is 21.9. The van der Waals surface area contributed by atoms with Crippen LogP contribution in [0.4, 0.5) is 4.39 Å². The molecule has 4 fully saturated rings. The number of likely N-dealkylation sites (N-methyl/N-ethyl adjacent to an activating group) is 1. The van der Waals surface area contributed by atoms with Crippen LogP contribution in [0.25, 0.3) is 11.2 Å². The molecule has 7 nitrogen and oxygen atoms in total. The summed E-state index contributed by atoms with van der Waals surface area (Å²) < 4.78 is 14.7. The second-order valence-electron chi connectivity index (χ2n) is 13.0. The number of pyridine rings is 1. The molecule has 4 aliphatic carbocycles. The van der Waals surface area contributed by atoms with Gasteiger partial charge in [-0.05, 0) is 92.7 Å². The Hall–Kier alpha value is -2.77. The van der Waals surface area contributed by atoms with E-state index in [1.807, 2.05) is 12.1 Å². The van der Waals surface area contributed by atoms with Gasteiger partial charge >= 0.3 is 0 Å². The highest BCUT2D eigenvalue weighted by atomic mass is 19.1. The molecular formula is C29H36FN5O2. The number of rotatable bonds is 3. The highest BCUT2D eigenvalue weighted by Crippen LogP contribution is 2.66. The van der Waals surface area contributed by atoms with Crippen LogP contribution in [0.5, 0.6) is 0 Å². The molecule has 0 radical (unpaired) electrons. The van der Waals surface area contributed by atoms with Crippen LogP contribution in [-0.2, 0) is 15.1 Å². The second-order valence-corrected chi connectivity index (χ2v) is 13.0. The lowest BCUT2D eigenvalue weighted by Crippen LogP contribution is -2.60. The molecule has 1 aliphatic heterocycles. The number of imidazole rings is 1. The zero-order chi connectivity index (χ0) is 25.7. The Morgan fingerprint density at radius 2 is 1.95 bits per heavy atom. The minimum Gasteiger partial charge on any atom is -0.343 e. The largest absolute Gasteiger partial charge is 0.343 e. The van der Waals surface area contributed by atoms with Crippen LogP contribution in [0.2, 0.25) is 0 Å². The molecule has 0 bridgehead atoms. The number of fused-ring (bicyclic) bond motifs is 6. The summed E-state index contributed by atoms with van der Waals surface area (Å²) in [6.07, 6.45) is 11.0. The molecule has 3 heterocycles. The smallest absolute Gasteiger partial charge is 0.282 e. The second kappa shape index (κ2) is 7.64. The van der Waals surface area contributed by atoms with Crippen molar-refractivity contribution in [1.29, 1.82) is 0 Å². The lowest BCUT2D eigenvalue weighted by Gasteiger charge is -2.60. The van der Waals surface area contributed by atoms with Gasteiger partial charge in [-0.1, -0.05) is 13.8 Å². The van der Waals surface area contributed by atoms with Crippen molar-refractivity contribution >= 4 is 23.0 Å². The maximum Gasteiger partial charge on any atom is 0.282 e. The topological polar surface area (TPSA) is 91.0 Å². The van der Waals surface area contributed by atoms with Gasteiger partial charge in [-0.3, -0.25) is 9.59 Å². The Kier molecular flexibility index (Phi) is 4.82. The molecule has 7 atom stereocenters. The van der Waals surface area contributed by atoms with Gasteiger partial charge in [-0.15, -0.1) is 0 Å². The van der Waals surface area contributed by atoms with Gasteiger partial charge in [0.25, 0.3) is 5.91 Å². The number of aromatic amines is 1. The summed E-state index contributed by atoms with van der Waals surface area (Å²) in [5, 5.41) is 3.42. The summed E-state index contributed by atoms with van der Waals surface area (Å²) >= 11 is 0. The fraction of sp³-hybridized carbons (Fsp3) is 0.655. The maximum atomic E-state index is 14.7. The van der Waals surface area contributed by atoms with Crippen molar-refractivity contribution < 1.29 is 14.0 Å². The van der Waals surface area contributed by atoms with Crippen molar-refractivity contribution in [3.8, 4) is 0 Å². The van der Waals surface area contributed by atoms with Gasteiger partial charge in [0, 0.05) is 30.6 Å². The first-order chi connectivity index (χ1) is 17.7. The lowest BCUT2D eigenvalue weighted by atomic mass is 9.47. The molecule has 2 aromatic rings. The number of carbonyl (C=O) groups excluding carboxylic acids is 2. The van der Waals surface area contributed by atoms with E-state index in [2.05, 4.69) is 29.1 Å². The standard InChI is InChI=1S/C29H36FN5O2/c1-27-11-10-18-16(6-9-22-28(18,2)15-20(30)25(37)35(22)3)17(27)7-8-19(27)24(36)34-29(12-13-29)26-32-21-5-4-14-31-23(21)33-26/h4-5,14-19,22H,6-13H2,1-3H3,(H,34,36)(H,31,32,33)/t16-,17-,18+,19?,22?,27-,28+/m0/s1. The average molecular weight is 506 g/mol. The Labute approximate surface area is 216 Å². The molecule has 196 valence electrons. The third kappa shape index (κ3) is 3.16. The molecule has 0 spiro atoms. The van der Waals surface area contributed by atoms with Crippen molar-refractivity contribution in [2.24, 2.45) is 34.5 Å². The normalized spacial score (nSPS) is 40.0. The minimum atomic E-state index is -0.602. The van der Waals surface area contributed by atoms with E-state index in [-0.39, 0.29) is 28.7 Å². The number of hydrogen-bond acceptors (Lipinski definition) is 4. The lowest BCUT2D eigenvalue weighted by molar-refractivity contribution is -0.145. The molecule has 2 N–H and O–H groups in total. The van der Waals surface area contributed by atoms with E-state index in [1.165, 1.54) is 0 Å². The van der Waals surface area contributed by atoms with Gasteiger partial charge in [0.1, 0.15) is 5.82 Å². The minimum absolute atomic E-state index is 0.0214. The molecular weight excluding hydrogens is 469 g/mol. The first-order valence-electron chi connectivity index (χ1n) is 13.9. The van der Waals surface area contributed by atoms with Gasteiger partial charge in [0.2, 0.25) is 5.91 Å². The Morgan fingerprint density at radius 1 is 1.14 bits per heavy atom. The summed E-state index contributed by atoms with van der Waals surface area (Å²) in [5.41, 5.74) is 0.780. The van der Waals surface area contributed by atoms with Crippen molar-refractivity contribution in [2.75, 3.05) is 7.05 Å². The first-order valence-corrected chi connectivity index (χ1v) is 13.9. The van der Waals surface area contributed by atoms with Crippen molar-refractivity contribution in [3.63, 3.8) is 0 Å². The molecule has 7 rings (SSSR count). The van der Waals surface area contributed by atoms with E-state index in [4.69, 9.17) is 4.98 Å². The van der Waals surface area contributed by atoms with Crippen LogP contribution in [0.1, 0.15) is 71.0 Å².